The first-order valence-electron chi connectivity index (χ1n) is 15.7. The molecule has 1 amide bonds. The Balaban J connectivity index is 0.000000838. The molecule has 15 heteroatoms. The summed E-state index contributed by atoms with van der Waals surface area (Å²) in [5.74, 6) is -7.48. The van der Waals surface area contributed by atoms with Gasteiger partial charge in [0.15, 0.2) is 17.4 Å². The lowest BCUT2D eigenvalue weighted by atomic mass is 9.61. The standard InChI is InChI=1S/C32H40ClF3N2O4.C2HF3O2/c1-17(2)14-31(3,4)15-26-32(20-12-22(34)23(35)13-24(20)37-30(32)42)27(19-9-7-10-21(33)28(19)36)29(38(26)5)25(41)11-6-8-18(40)16-39;3-2(4,5)1(6)7/h7,9-10,12-13,17-18,26-27,29,39-40H,6,8,11,14-16H2,1-5H3,(H,37,42);(H,6,7)/t18-,26+,27-,29-,32-;/m0./s1. The van der Waals surface area contributed by atoms with E-state index in [1.807, 2.05) is 0 Å². The molecule has 5 atom stereocenters. The van der Waals surface area contributed by atoms with Crippen LogP contribution in [0, 0.1) is 28.8 Å². The molecule has 2 aliphatic heterocycles. The van der Waals surface area contributed by atoms with E-state index < -0.39 is 71.6 Å². The minimum Gasteiger partial charge on any atom is -0.475 e. The Bertz CT molecular complexity index is 1550. The van der Waals surface area contributed by atoms with Gasteiger partial charge in [-0.1, -0.05) is 51.4 Å². The highest BCUT2D eigenvalue weighted by Gasteiger charge is 2.68. The predicted octanol–water partition coefficient (Wildman–Crippen LogP) is 6.60. The van der Waals surface area contributed by atoms with Crippen molar-refractivity contribution in [1.82, 2.24) is 4.90 Å². The van der Waals surface area contributed by atoms with Crippen molar-refractivity contribution >= 4 is 34.9 Å². The van der Waals surface area contributed by atoms with Crippen molar-refractivity contribution in [2.75, 3.05) is 19.0 Å². The number of fused-ring (bicyclic) bond motifs is 2. The largest absolute Gasteiger partial charge is 0.490 e. The van der Waals surface area contributed by atoms with Crippen molar-refractivity contribution in [2.45, 2.75) is 95.5 Å². The quantitative estimate of drug-likeness (QED) is 0.193. The summed E-state index contributed by atoms with van der Waals surface area (Å²) >= 11 is 6.23. The number of ketones is 1. The lowest BCUT2D eigenvalue weighted by Crippen LogP contribution is -2.50. The fraction of sp³-hybridized carbons (Fsp3) is 0.559. The number of carboxylic acids is 1. The number of aliphatic hydroxyl groups is 2. The number of carbonyl (C=O) groups is 3. The molecule has 49 heavy (non-hydrogen) atoms. The smallest absolute Gasteiger partial charge is 0.475 e. The van der Waals surface area contributed by atoms with Gasteiger partial charge in [-0.25, -0.2) is 18.0 Å². The van der Waals surface area contributed by atoms with Gasteiger partial charge in [-0.2, -0.15) is 13.2 Å². The van der Waals surface area contributed by atoms with E-state index in [9.17, 15) is 41.8 Å². The summed E-state index contributed by atoms with van der Waals surface area (Å²) < 4.78 is 77.1. The third kappa shape index (κ3) is 8.41. The highest BCUT2D eigenvalue weighted by atomic mass is 35.5. The van der Waals surface area contributed by atoms with Gasteiger partial charge in [0.05, 0.1) is 23.8 Å². The van der Waals surface area contributed by atoms with E-state index in [1.54, 1.807) is 18.0 Å². The summed E-state index contributed by atoms with van der Waals surface area (Å²) in [6, 6.07) is 4.63. The highest BCUT2D eigenvalue weighted by molar-refractivity contribution is 6.30. The number of nitrogens with zero attached hydrogens (tertiary/aromatic N) is 1. The van der Waals surface area contributed by atoms with Gasteiger partial charge >= 0.3 is 12.1 Å². The number of hydrogen-bond acceptors (Lipinski definition) is 6. The van der Waals surface area contributed by atoms with Crippen molar-refractivity contribution < 1.29 is 56.0 Å². The highest BCUT2D eigenvalue weighted by Crippen LogP contribution is 2.60. The van der Waals surface area contributed by atoms with Gasteiger partial charge < -0.3 is 20.6 Å². The second-order valence-electron chi connectivity index (χ2n) is 13.8. The summed E-state index contributed by atoms with van der Waals surface area (Å²) in [5.41, 5.74) is -1.68. The van der Waals surface area contributed by atoms with Crippen LogP contribution in [0.1, 0.15) is 76.8 Å². The zero-order chi connectivity index (χ0) is 37.2. The van der Waals surface area contributed by atoms with E-state index in [4.69, 9.17) is 21.5 Å². The lowest BCUT2D eigenvalue weighted by Gasteiger charge is -2.40. The minimum atomic E-state index is -5.08. The normalized spacial score (nSPS) is 22.9. The zero-order valence-electron chi connectivity index (χ0n) is 27.7. The summed E-state index contributed by atoms with van der Waals surface area (Å²) in [7, 11) is 1.72. The molecule has 0 aliphatic carbocycles. The number of benzene rings is 2. The molecule has 0 aromatic heterocycles. The third-order valence-electron chi connectivity index (χ3n) is 9.16. The number of aliphatic carboxylic acids is 1. The number of rotatable bonds is 11. The van der Waals surface area contributed by atoms with Crippen LogP contribution in [0.4, 0.5) is 32.0 Å². The van der Waals surface area contributed by atoms with Crippen LogP contribution in [0.25, 0.3) is 0 Å². The van der Waals surface area contributed by atoms with Crippen LogP contribution in [0.5, 0.6) is 0 Å². The number of alkyl halides is 3. The maximum absolute atomic E-state index is 16.0. The molecular weight excluding hydrogens is 682 g/mol. The number of amides is 1. The number of aliphatic hydroxyl groups excluding tert-OH is 2. The molecule has 0 bridgehead atoms. The van der Waals surface area contributed by atoms with Crippen molar-refractivity contribution in [3.8, 4) is 0 Å². The molecule has 2 aromatic carbocycles. The van der Waals surface area contributed by atoms with E-state index in [0.29, 0.717) is 12.3 Å². The molecule has 2 aromatic rings. The maximum Gasteiger partial charge on any atom is 0.490 e. The van der Waals surface area contributed by atoms with Crippen molar-refractivity contribution in [3.05, 3.63) is 63.9 Å². The molecule has 2 heterocycles. The Labute approximate surface area is 285 Å². The Morgan fingerprint density at radius 3 is 2.24 bits per heavy atom. The molecule has 272 valence electrons. The molecular formula is C34H41ClF6N2O6. The van der Waals surface area contributed by atoms with E-state index in [-0.39, 0.29) is 52.3 Å². The monoisotopic (exact) mass is 722 g/mol. The van der Waals surface area contributed by atoms with Crippen molar-refractivity contribution in [1.29, 1.82) is 0 Å². The zero-order valence-corrected chi connectivity index (χ0v) is 28.4. The Hall–Kier alpha value is -3.20. The topological polar surface area (TPSA) is 127 Å². The summed E-state index contributed by atoms with van der Waals surface area (Å²) in [4.78, 5) is 39.1. The average Bonchev–Trinajstić information content (AvgIpc) is 3.39. The van der Waals surface area contributed by atoms with Crippen molar-refractivity contribution in [3.63, 3.8) is 0 Å². The van der Waals surface area contributed by atoms with Gasteiger partial charge in [0, 0.05) is 30.1 Å². The van der Waals surface area contributed by atoms with Gasteiger partial charge in [0.2, 0.25) is 5.91 Å². The Morgan fingerprint density at radius 1 is 1.10 bits per heavy atom. The number of nitrogens with one attached hydrogen (secondary N) is 1. The molecule has 1 saturated heterocycles. The number of carboxylic acid groups (broad SMARTS) is 1. The second kappa shape index (κ2) is 15.4. The molecule has 2 aliphatic rings. The minimum absolute atomic E-state index is 0.00477. The van der Waals surface area contributed by atoms with Gasteiger partial charge in [0.1, 0.15) is 11.2 Å². The van der Waals surface area contributed by atoms with Crippen LogP contribution in [0.15, 0.2) is 30.3 Å². The fourth-order valence-electron chi connectivity index (χ4n) is 7.54. The number of hydrogen-bond donors (Lipinski definition) is 4. The lowest BCUT2D eigenvalue weighted by molar-refractivity contribution is -0.192. The maximum atomic E-state index is 16.0. The number of likely N-dealkylation sites (tertiary alicyclic amines) is 1. The van der Waals surface area contributed by atoms with Crippen LogP contribution >= 0.6 is 11.6 Å². The van der Waals surface area contributed by atoms with Crippen LogP contribution in [-0.2, 0) is 19.8 Å². The summed E-state index contributed by atoms with van der Waals surface area (Å²) in [6.45, 7) is 7.86. The number of anilines is 1. The van der Waals surface area contributed by atoms with E-state index in [2.05, 4.69) is 33.0 Å². The molecule has 4 N–H and O–H groups in total. The van der Waals surface area contributed by atoms with Gasteiger partial charge in [-0.15, -0.1) is 0 Å². The van der Waals surface area contributed by atoms with E-state index in [0.717, 1.165) is 18.6 Å². The first kappa shape index (κ1) is 40.2. The van der Waals surface area contributed by atoms with Crippen LogP contribution in [0.2, 0.25) is 5.02 Å². The van der Waals surface area contributed by atoms with Gasteiger partial charge in [0.25, 0.3) is 0 Å². The predicted molar refractivity (Wildman–Crippen MR) is 170 cm³/mol. The summed E-state index contributed by atoms with van der Waals surface area (Å²) in [6.07, 6.45) is -4.45. The first-order chi connectivity index (χ1) is 22.6. The summed E-state index contributed by atoms with van der Waals surface area (Å²) in [5, 5.41) is 28.7. The van der Waals surface area contributed by atoms with Crippen LogP contribution < -0.4 is 5.32 Å². The Kier molecular flexibility index (Phi) is 12.6. The Morgan fingerprint density at radius 2 is 1.69 bits per heavy atom. The molecule has 0 saturated carbocycles. The number of halogens is 7. The number of Topliss-reactive ketones (excluding diaryl/α,β-unsaturated/α-hetero) is 1. The molecule has 1 fully saturated rings. The molecule has 1 spiro atoms. The fourth-order valence-corrected chi connectivity index (χ4v) is 7.73. The van der Waals surface area contributed by atoms with Gasteiger partial charge in [-0.05, 0) is 67.3 Å². The molecule has 4 rings (SSSR count). The first-order valence-corrected chi connectivity index (χ1v) is 16.1. The number of likely N-dealkylation sites (N-methyl/N-ethyl adjacent to an activating group) is 1. The van der Waals surface area contributed by atoms with Crippen LogP contribution in [0.3, 0.4) is 0 Å². The second-order valence-corrected chi connectivity index (χ2v) is 14.3. The van der Waals surface area contributed by atoms with Crippen LogP contribution in [-0.4, -0.2) is 75.9 Å². The van der Waals surface area contributed by atoms with E-state index in [1.165, 1.54) is 12.1 Å². The van der Waals surface area contributed by atoms with Crippen molar-refractivity contribution in [2.24, 2.45) is 11.3 Å². The third-order valence-corrected chi connectivity index (χ3v) is 9.45. The molecule has 0 unspecified atom stereocenters. The SMILES string of the molecule is CC(C)CC(C)(C)C[C@H]1N(C)[C@@H](C(=O)CCC[C@H](O)CO)[C@H](c2cccc(Cl)c2F)[C@@]12C(=O)Nc1cc(F)c(F)cc12.O=C(O)C(F)(F)F. The van der Waals surface area contributed by atoms with Gasteiger partial charge in [-0.3, -0.25) is 14.5 Å². The number of carbonyl (C=O) groups excluding carboxylic acids is 2. The average molecular weight is 723 g/mol. The molecule has 8 nitrogen and oxygen atoms in total. The molecule has 0 radical (unpaired) electrons. The van der Waals surface area contributed by atoms with E-state index >= 15 is 4.39 Å².